The summed E-state index contributed by atoms with van der Waals surface area (Å²) in [7, 11) is 0. The van der Waals surface area contributed by atoms with Crippen molar-refractivity contribution < 1.29 is 5.11 Å². The Bertz CT molecular complexity index is 342. The lowest BCUT2D eigenvalue weighted by atomic mass is 10.2. The van der Waals surface area contributed by atoms with E-state index in [0.29, 0.717) is 5.69 Å². The quantitative estimate of drug-likeness (QED) is 0.459. The fourth-order valence-corrected chi connectivity index (χ4v) is 2.45. The van der Waals surface area contributed by atoms with Crippen LogP contribution in [0.1, 0.15) is 57.0 Å². The number of aliphatic hydroxyl groups is 1. The van der Waals surface area contributed by atoms with Crippen LogP contribution in [0.15, 0.2) is 11.2 Å². The average Bonchev–Trinajstić information content (AvgIpc) is 2.28. The molecule has 0 saturated carbocycles. The molecule has 1 atom stereocenters. The Morgan fingerprint density at radius 1 is 1.29 bits per heavy atom. The summed E-state index contributed by atoms with van der Waals surface area (Å²) in [4.78, 5) is 8.73. The number of unbranched alkanes of at least 4 members (excludes halogenated alkanes) is 3. The molecule has 3 nitrogen and oxygen atoms in total. The summed E-state index contributed by atoms with van der Waals surface area (Å²) in [6, 6.07) is 1.84. The maximum Gasteiger partial charge on any atom is 0.188 e. The molecule has 1 N–H and O–H groups in total. The monoisotopic (exact) mass is 254 g/mol. The van der Waals surface area contributed by atoms with Gasteiger partial charge in [0.2, 0.25) is 0 Å². The number of rotatable bonds is 7. The lowest BCUT2D eigenvalue weighted by Crippen LogP contribution is -2.00. The first kappa shape index (κ1) is 14.5. The van der Waals surface area contributed by atoms with E-state index in [9.17, 15) is 5.11 Å². The van der Waals surface area contributed by atoms with Crippen LogP contribution in [0.4, 0.5) is 0 Å². The largest absolute Gasteiger partial charge is 0.387 e. The molecule has 0 spiro atoms. The fraction of sp³-hybridized carbons (Fsp3) is 0.692. The second-order valence-electron chi connectivity index (χ2n) is 4.30. The molecule has 1 unspecified atom stereocenters. The highest BCUT2D eigenvalue weighted by Gasteiger charge is 2.07. The summed E-state index contributed by atoms with van der Waals surface area (Å²) >= 11 is 1.68. The van der Waals surface area contributed by atoms with Gasteiger partial charge in [-0.25, -0.2) is 9.97 Å². The molecular weight excluding hydrogens is 232 g/mol. The van der Waals surface area contributed by atoms with Crippen molar-refractivity contribution in [1.82, 2.24) is 9.97 Å². The van der Waals surface area contributed by atoms with E-state index in [-0.39, 0.29) is 0 Å². The Kier molecular flexibility index (Phi) is 6.52. The van der Waals surface area contributed by atoms with Gasteiger partial charge in [-0.05, 0) is 26.3 Å². The molecule has 0 bridgehead atoms. The molecule has 0 aliphatic heterocycles. The number of aromatic nitrogens is 2. The van der Waals surface area contributed by atoms with Crippen LogP contribution in [0.2, 0.25) is 0 Å². The minimum absolute atomic E-state index is 0.517. The van der Waals surface area contributed by atoms with Crippen LogP contribution >= 0.6 is 11.8 Å². The zero-order chi connectivity index (χ0) is 12.7. The van der Waals surface area contributed by atoms with E-state index >= 15 is 0 Å². The maximum absolute atomic E-state index is 9.51. The van der Waals surface area contributed by atoms with Crippen molar-refractivity contribution in [3.63, 3.8) is 0 Å². The van der Waals surface area contributed by atoms with Gasteiger partial charge in [0.25, 0.3) is 0 Å². The summed E-state index contributed by atoms with van der Waals surface area (Å²) in [6.45, 7) is 5.89. The number of hydrogen-bond donors (Lipinski definition) is 1. The van der Waals surface area contributed by atoms with Crippen LogP contribution in [0, 0.1) is 6.92 Å². The van der Waals surface area contributed by atoms with E-state index in [4.69, 9.17) is 0 Å². The highest BCUT2D eigenvalue weighted by atomic mass is 32.2. The van der Waals surface area contributed by atoms with Gasteiger partial charge in [-0.1, -0.05) is 37.9 Å². The first-order chi connectivity index (χ1) is 8.13. The first-order valence-electron chi connectivity index (χ1n) is 6.30. The minimum Gasteiger partial charge on any atom is -0.387 e. The van der Waals surface area contributed by atoms with E-state index in [0.717, 1.165) is 16.6 Å². The Labute approximate surface area is 108 Å². The molecule has 0 saturated heterocycles. The third kappa shape index (κ3) is 5.50. The molecule has 1 aromatic rings. The Morgan fingerprint density at radius 2 is 2.06 bits per heavy atom. The van der Waals surface area contributed by atoms with Crippen LogP contribution in [0.3, 0.4) is 0 Å². The summed E-state index contributed by atoms with van der Waals surface area (Å²) in [6.07, 6.45) is 4.53. The second kappa shape index (κ2) is 7.67. The van der Waals surface area contributed by atoms with Gasteiger partial charge in [-0.2, -0.15) is 0 Å². The smallest absolute Gasteiger partial charge is 0.188 e. The van der Waals surface area contributed by atoms with Gasteiger partial charge < -0.3 is 5.11 Å². The van der Waals surface area contributed by atoms with Crippen LogP contribution in [0.25, 0.3) is 0 Å². The SMILES string of the molecule is CCCCCCSc1nc(C)cc(C(C)O)n1. The highest BCUT2D eigenvalue weighted by Crippen LogP contribution is 2.19. The molecule has 96 valence electrons. The van der Waals surface area contributed by atoms with Gasteiger partial charge in [0.05, 0.1) is 11.8 Å². The molecular formula is C13H22N2OS. The highest BCUT2D eigenvalue weighted by molar-refractivity contribution is 7.99. The summed E-state index contributed by atoms with van der Waals surface area (Å²) in [5.74, 6) is 1.06. The Morgan fingerprint density at radius 3 is 2.71 bits per heavy atom. The summed E-state index contributed by atoms with van der Waals surface area (Å²) < 4.78 is 0. The minimum atomic E-state index is -0.517. The molecule has 1 heterocycles. The van der Waals surface area contributed by atoms with E-state index in [1.54, 1.807) is 18.7 Å². The fourth-order valence-electron chi connectivity index (χ4n) is 1.54. The van der Waals surface area contributed by atoms with Gasteiger partial charge in [0.15, 0.2) is 5.16 Å². The van der Waals surface area contributed by atoms with Gasteiger partial charge in [-0.3, -0.25) is 0 Å². The van der Waals surface area contributed by atoms with Crippen molar-refractivity contribution in [2.75, 3.05) is 5.75 Å². The van der Waals surface area contributed by atoms with Crippen molar-refractivity contribution in [3.05, 3.63) is 17.5 Å². The molecule has 0 aliphatic rings. The molecule has 4 heteroatoms. The van der Waals surface area contributed by atoms with Crippen LogP contribution in [0.5, 0.6) is 0 Å². The Hall–Kier alpha value is -0.610. The number of thioether (sulfide) groups is 1. The normalized spacial score (nSPS) is 12.7. The van der Waals surface area contributed by atoms with E-state index in [1.165, 1.54) is 25.7 Å². The summed E-state index contributed by atoms with van der Waals surface area (Å²) in [5, 5.41) is 10.3. The van der Waals surface area contributed by atoms with E-state index < -0.39 is 6.10 Å². The first-order valence-corrected chi connectivity index (χ1v) is 7.28. The van der Waals surface area contributed by atoms with Crippen LogP contribution < -0.4 is 0 Å². The van der Waals surface area contributed by atoms with E-state index in [1.807, 2.05) is 13.0 Å². The van der Waals surface area contributed by atoms with Crippen LogP contribution in [-0.4, -0.2) is 20.8 Å². The average molecular weight is 254 g/mol. The second-order valence-corrected chi connectivity index (χ2v) is 5.36. The molecule has 0 aromatic carbocycles. The zero-order valence-electron chi connectivity index (χ0n) is 10.9. The number of aliphatic hydroxyl groups excluding tert-OH is 1. The molecule has 0 radical (unpaired) electrons. The van der Waals surface area contributed by atoms with Gasteiger partial charge in [0, 0.05) is 11.4 Å². The van der Waals surface area contributed by atoms with Crippen molar-refractivity contribution in [2.45, 2.75) is 57.7 Å². The topological polar surface area (TPSA) is 46.0 Å². The molecule has 17 heavy (non-hydrogen) atoms. The predicted octanol–water partition coefficient (Wildman–Crippen LogP) is 3.51. The maximum atomic E-state index is 9.51. The van der Waals surface area contributed by atoms with Crippen molar-refractivity contribution in [3.8, 4) is 0 Å². The standard InChI is InChI=1S/C13H22N2OS/c1-4-5-6-7-8-17-13-14-10(2)9-12(15-13)11(3)16/h9,11,16H,4-8H2,1-3H3. The lowest BCUT2D eigenvalue weighted by Gasteiger charge is -2.07. The predicted molar refractivity (Wildman–Crippen MR) is 72.3 cm³/mol. The third-order valence-electron chi connectivity index (χ3n) is 2.51. The van der Waals surface area contributed by atoms with Crippen molar-refractivity contribution in [2.24, 2.45) is 0 Å². The van der Waals surface area contributed by atoms with Crippen LogP contribution in [-0.2, 0) is 0 Å². The van der Waals surface area contributed by atoms with Gasteiger partial charge in [0.1, 0.15) is 0 Å². The number of aryl methyl sites for hydroxylation is 1. The van der Waals surface area contributed by atoms with Crippen molar-refractivity contribution >= 4 is 11.8 Å². The molecule has 1 aromatic heterocycles. The number of nitrogens with zero attached hydrogens (tertiary/aromatic N) is 2. The van der Waals surface area contributed by atoms with Gasteiger partial charge >= 0.3 is 0 Å². The molecule has 0 aliphatic carbocycles. The lowest BCUT2D eigenvalue weighted by molar-refractivity contribution is 0.193. The molecule has 0 fully saturated rings. The molecule has 0 amide bonds. The van der Waals surface area contributed by atoms with E-state index in [2.05, 4.69) is 16.9 Å². The van der Waals surface area contributed by atoms with Crippen molar-refractivity contribution in [1.29, 1.82) is 0 Å². The molecule has 1 rings (SSSR count). The Balaban J connectivity index is 2.47. The summed E-state index contributed by atoms with van der Waals surface area (Å²) in [5.41, 5.74) is 1.64. The zero-order valence-corrected chi connectivity index (χ0v) is 11.8. The third-order valence-corrected chi connectivity index (χ3v) is 3.44. The van der Waals surface area contributed by atoms with Gasteiger partial charge in [-0.15, -0.1) is 0 Å². The number of hydrogen-bond acceptors (Lipinski definition) is 4.